The molecule has 17 heavy (non-hydrogen) atoms. The van der Waals surface area contributed by atoms with Gasteiger partial charge < -0.3 is 10.1 Å². The monoisotopic (exact) mass is 242 g/mol. The van der Waals surface area contributed by atoms with Gasteiger partial charge in [0.2, 0.25) is 11.8 Å². The number of carbonyl (C=O) groups excluding carboxylic acids is 2. The van der Waals surface area contributed by atoms with Gasteiger partial charge >= 0.3 is 0 Å². The fraction of sp³-hybridized carbons (Fsp3) is 0.833. The maximum Gasteiger partial charge on any atom is 0.247 e. The number of rotatable bonds is 6. The van der Waals surface area contributed by atoms with E-state index in [1.165, 1.54) is 4.90 Å². The van der Waals surface area contributed by atoms with Crippen LogP contribution in [0.15, 0.2) is 0 Å². The number of nitrogens with zero attached hydrogens (tertiary/aromatic N) is 1. The highest BCUT2D eigenvalue weighted by Crippen LogP contribution is 2.16. The lowest BCUT2D eigenvalue weighted by molar-refractivity contribution is -0.140. The van der Waals surface area contributed by atoms with E-state index in [4.69, 9.17) is 4.74 Å². The number of amides is 2. The SMILES string of the molecule is COCC(C)CNC1CC(=O)N(C(C)C)C1=O. The first-order valence-corrected chi connectivity index (χ1v) is 6.05. The summed E-state index contributed by atoms with van der Waals surface area (Å²) in [6.45, 7) is 7.08. The van der Waals surface area contributed by atoms with Crippen LogP contribution in [0.5, 0.6) is 0 Å². The van der Waals surface area contributed by atoms with Crippen LogP contribution in [0.25, 0.3) is 0 Å². The summed E-state index contributed by atoms with van der Waals surface area (Å²) >= 11 is 0. The third-order valence-corrected chi connectivity index (χ3v) is 2.86. The molecule has 0 saturated carbocycles. The molecule has 1 fully saturated rings. The van der Waals surface area contributed by atoms with Crippen LogP contribution in [0.3, 0.4) is 0 Å². The smallest absolute Gasteiger partial charge is 0.247 e. The molecule has 0 aliphatic carbocycles. The maximum absolute atomic E-state index is 11.9. The van der Waals surface area contributed by atoms with E-state index in [1.807, 2.05) is 20.8 Å². The fourth-order valence-corrected chi connectivity index (χ4v) is 2.04. The summed E-state index contributed by atoms with van der Waals surface area (Å²) in [7, 11) is 1.65. The zero-order valence-electron chi connectivity index (χ0n) is 11.0. The van der Waals surface area contributed by atoms with Gasteiger partial charge in [0, 0.05) is 26.3 Å². The van der Waals surface area contributed by atoms with Crippen molar-refractivity contribution >= 4 is 11.8 Å². The van der Waals surface area contributed by atoms with Crippen molar-refractivity contribution < 1.29 is 14.3 Å². The number of hydrogen-bond donors (Lipinski definition) is 1. The van der Waals surface area contributed by atoms with Crippen molar-refractivity contribution in [2.75, 3.05) is 20.3 Å². The first-order chi connectivity index (χ1) is 7.97. The van der Waals surface area contributed by atoms with Crippen molar-refractivity contribution in [1.29, 1.82) is 0 Å². The molecule has 0 spiro atoms. The molecule has 1 rings (SSSR count). The zero-order chi connectivity index (χ0) is 13.0. The minimum atomic E-state index is -0.357. The molecular formula is C12H22N2O3. The molecule has 2 amide bonds. The average molecular weight is 242 g/mol. The van der Waals surface area contributed by atoms with Gasteiger partial charge in [0.15, 0.2) is 0 Å². The molecule has 2 atom stereocenters. The molecule has 2 unspecified atom stereocenters. The van der Waals surface area contributed by atoms with E-state index in [0.29, 0.717) is 19.1 Å². The van der Waals surface area contributed by atoms with E-state index in [9.17, 15) is 9.59 Å². The second-order valence-electron chi connectivity index (χ2n) is 4.92. The molecule has 1 N–H and O–H groups in total. The number of imide groups is 1. The predicted molar refractivity (Wildman–Crippen MR) is 64.4 cm³/mol. The summed E-state index contributed by atoms with van der Waals surface area (Å²) < 4.78 is 5.02. The lowest BCUT2D eigenvalue weighted by atomic mass is 10.1. The number of nitrogens with one attached hydrogen (secondary N) is 1. The molecule has 1 saturated heterocycles. The third kappa shape index (κ3) is 3.51. The lowest BCUT2D eigenvalue weighted by Gasteiger charge is -2.20. The second-order valence-corrected chi connectivity index (χ2v) is 4.92. The van der Waals surface area contributed by atoms with E-state index in [0.717, 1.165) is 0 Å². The Balaban J connectivity index is 2.47. The second kappa shape index (κ2) is 6.12. The van der Waals surface area contributed by atoms with E-state index in [1.54, 1.807) is 7.11 Å². The van der Waals surface area contributed by atoms with Crippen LogP contribution in [-0.4, -0.2) is 49.1 Å². The van der Waals surface area contributed by atoms with E-state index < -0.39 is 0 Å². The summed E-state index contributed by atoms with van der Waals surface area (Å²) in [4.78, 5) is 24.9. The van der Waals surface area contributed by atoms with Crippen molar-refractivity contribution in [2.24, 2.45) is 5.92 Å². The summed E-state index contributed by atoms with van der Waals surface area (Å²) in [5.74, 6) is 0.146. The van der Waals surface area contributed by atoms with Crippen LogP contribution in [0.1, 0.15) is 27.2 Å². The topological polar surface area (TPSA) is 58.6 Å². The summed E-state index contributed by atoms with van der Waals surface area (Å²) in [5.41, 5.74) is 0. The Morgan fingerprint density at radius 2 is 2.06 bits per heavy atom. The number of likely N-dealkylation sites (tertiary alicyclic amines) is 1. The zero-order valence-corrected chi connectivity index (χ0v) is 11.0. The number of ether oxygens (including phenoxy) is 1. The van der Waals surface area contributed by atoms with Crippen LogP contribution in [-0.2, 0) is 14.3 Å². The first-order valence-electron chi connectivity index (χ1n) is 6.05. The summed E-state index contributed by atoms with van der Waals surface area (Å²) in [6.07, 6.45) is 0.275. The molecule has 0 radical (unpaired) electrons. The largest absolute Gasteiger partial charge is 0.384 e. The van der Waals surface area contributed by atoms with Gasteiger partial charge in [0.05, 0.1) is 12.5 Å². The Morgan fingerprint density at radius 1 is 1.41 bits per heavy atom. The minimum Gasteiger partial charge on any atom is -0.384 e. The van der Waals surface area contributed by atoms with Crippen LogP contribution in [0, 0.1) is 5.92 Å². The fourth-order valence-electron chi connectivity index (χ4n) is 2.04. The minimum absolute atomic E-state index is 0.0572. The summed E-state index contributed by atoms with van der Waals surface area (Å²) in [5, 5.41) is 3.14. The molecule has 1 aliphatic rings. The molecule has 0 aromatic rings. The van der Waals surface area contributed by atoms with Gasteiger partial charge in [0.25, 0.3) is 0 Å². The van der Waals surface area contributed by atoms with E-state index >= 15 is 0 Å². The highest BCUT2D eigenvalue weighted by atomic mass is 16.5. The van der Waals surface area contributed by atoms with E-state index in [-0.39, 0.29) is 30.3 Å². The Hall–Kier alpha value is -0.940. The first kappa shape index (κ1) is 14.1. The molecule has 0 bridgehead atoms. The van der Waals surface area contributed by atoms with Gasteiger partial charge in [-0.3, -0.25) is 14.5 Å². The number of hydrogen-bond acceptors (Lipinski definition) is 4. The molecule has 1 heterocycles. The lowest BCUT2D eigenvalue weighted by Crippen LogP contribution is -2.43. The molecule has 0 aromatic heterocycles. The van der Waals surface area contributed by atoms with Crippen LogP contribution in [0.2, 0.25) is 0 Å². The number of methoxy groups -OCH3 is 1. The van der Waals surface area contributed by atoms with Crippen molar-refractivity contribution in [3.05, 3.63) is 0 Å². The highest BCUT2D eigenvalue weighted by molar-refractivity contribution is 6.05. The molecule has 5 nitrogen and oxygen atoms in total. The maximum atomic E-state index is 11.9. The van der Waals surface area contributed by atoms with Gasteiger partial charge in [-0.2, -0.15) is 0 Å². The molecule has 0 aromatic carbocycles. The standard InChI is InChI=1S/C12H22N2O3/c1-8(2)14-11(15)5-10(12(14)16)13-6-9(3)7-17-4/h8-10,13H,5-7H2,1-4H3. The average Bonchev–Trinajstić information content (AvgIpc) is 2.51. The highest BCUT2D eigenvalue weighted by Gasteiger charge is 2.39. The third-order valence-electron chi connectivity index (χ3n) is 2.86. The van der Waals surface area contributed by atoms with Crippen molar-refractivity contribution in [2.45, 2.75) is 39.3 Å². The van der Waals surface area contributed by atoms with Gasteiger partial charge in [-0.15, -0.1) is 0 Å². The van der Waals surface area contributed by atoms with Crippen molar-refractivity contribution in [3.8, 4) is 0 Å². The van der Waals surface area contributed by atoms with Crippen molar-refractivity contribution in [1.82, 2.24) is 10.2 Å². The molecule has 1 aliphatic heterocycles. The van der Waals surface area contributed by atoms with Gasteiger partial charge in [-0.25, -0.2) is 0 Å². The quantitative estimate of drug-likeness (QED) is 0.685. The van der Waals surface area contributed by atoms with Gasteiger partial charge in [-0.05, 0) is 19.8 Å². The predicted octanol–water partition coefficient (Wildman–Crippen LogP) is 0.394. The molecular weight excluding hydrogens is 220 g/mol. The van der Waals surface area contributed by atoms with Crippen LogP contribution >= 0.6 is 0 Å². The normalized spacial score (nSPS) is 22.6. The Bertz CT molecular complexity index is 291. The molecule has 98 valence electrons. The van der Waals surface area contributed by atoms with Crippen LogP contribution < -0.4 is 5.32 Å². The Morgan fingerprint density at radius 3 is 2.53 bits per heavy atom. The van der Waals surface area contributed by atoms with Crippen molar-refractivity contribution in [3.63, 3.8) is 0 Å². The number of carbonyl (C=O) groups is 2. The van der Waals surface area contributed by atoms with Crippen LogP contribution in [0.4, 0.5) is 0 Å². The van der Waals surface area contributed by atoms with Gasteiger partial charge in [-0.1, -0.05) is 6.92 Å². The van der Waals surface area contributed by atoms with E-state index in [2.05, 4.69) is 5.32 Å². The molecule has 5 heteroatoms. The van der Waals surface area contributed by atoms with Gasteiger partial charge in [0.1, 0.15) is 0 Å². The summed E-state index contributed by atoms with van der Waals surface area (Å²) in [6, 6.07) is -0.414. The Labute approximate surface area is 102 Å². The Kier molecular flexibility index (Phi) is 5.08.